The van der Waals surface area contributed by atoms with Gasteiger partial charge in [0.05, 0.1) is 5.92 Å². The third-order valence-corrected chi connectivity index (χ3v) is 3.97. The van der Waals surface area contributed by atoms with Gasteiger partial charge in [-0.25, -0.2) is 0 Å². The van der Waals surface area contributed by atoms with Crippen molar-refractivity contribution in [3.63, 3.8) is 0 Å². The lowest BCUT2D eigenvalue weighted by Crippen LogP contribution is -2.25. The number of hydrogen-bond donors (Lipinski definition) is 2. The Kier molecular flexibility index (Phi) is 1.82. The Morgan fingerprint density at radius 3 is 3.06 bits per heavy atom. The van der Waals surface area contributed by atoms with Crippen LogP contribution in [0.3, 0.4) is 0 Å². The van der Waals surface area contributed by atoms with Crippen LogP contribution in [0.1, 0.15) is 24.0 Å². The van der Waals surface area contributed by atoms with Crippen LogP contribution >= 0.6 is 0 Å². The predicted molar refractivity (Wildman–Crippen MR) is 61.7 cm³/mol. The molecule has 84 valence electrons. The monoisotopic (exact) mass is 217 g/mol. The molecule has 3 rings (SSSR count). The van der Waals surface area contributed by atoms with Crippen molar-refractivity contribution in [1.29, 1.82) is 0 Å². The van der Waals surface area contributed by atoms with E-state index in [4.69, 9.17) is 5.11 Å². The first kappa shape index (κ1) is 9.70. The van der Waals surface area contributed by atoms with E-state index in [2.05, 4.69) is 30.4 Å². The van der Waals surface area contributed by atoms with E-state index in [9.17, 15) is 4.79 Å². The minimum atomic E-state index is -0.644. The van der Waals surface area contributed by atoms with Gasteiger partial charge in [-0.05, 0) is 31.4 Å². The molecule has 1 spiro atoms. The van der Waals surface area contributed by atoms with Gasteiger partial charge >= 0.3 is 5.97 Å². The van der Waals surface area contributed by atoms with Gasteiger partial charge < -0.3 is 10.4 Å². The fourth-order valence-corrected chi connectivity index (χ4v) is 2.98. The molecule has 1 heterocycles. The van der Waals surface area contributed by atoms with Crippen LogP contribution in [0.25, 0.3) is 0 Å². The zero-order chi connectivity index (χ0) is 11.3. The second-order valence-corrected chi connectivity index (χ2v) is 4.98. The molecule has 0 aromatic heterocycles. The molecule has 3 nitrogen and oxygen atoms in total. The fourth-order valence-electron chi connectivity index (χ4n) is 2.98. The molecule has 0 saturated heterocycles. The number of anilines is 1. The molecular weight excluding hydrogens is 202 g/mol. The van der Waals surface area contributed by atoms with Gasteiger partial charge in [-0.1, -0.05) is 17.7 Å². The summed E-state index contributed by atoms with van der Waals surface area (Å²) < 4.78 is 0. The lowest BCUT2D eigenvalue weighted by molar-refractivity contribution is -0.139. The van der Waals surface area contributed by atoms with Crippen LogP contribution < -0.4 is 5.32 Å². The minimum Gasteiger partial charge on any atom is -0.481 e. The third kappa shape index (κ3) is 1.17. The SMILES string of the molecule is Cc1ccc2c(c1)C1(CCN2)CC1C(=O)O. The van der Waals surface area contributed by atoms with Crippen molar-refractivity contribution in [3.8, 4) is 0 Å². The van der Waals surface area contributed by atoms with Crippen molar-refractivity contribution in [1.82, 2.24) is 0 Å². The molecule has 2 atom stereocenters. The molecule has 0 bridgehead atoms. The van der Waals surface area contributed by atoms with Crippen LogP contribution in [-0.4, -0.2) is 17.6 Å². The topological polar surface area (TPSA) is 49.3 Å². The first-order chi connectivity index (χ1) is 7.63. The molecule has 0 radical (unpaired) electrons. The average Bonchev–Trinajstić information content (AvgIpc) is 2.96. The maximum absolute atomic E-state index is 11.1. The minimum absolute atomic E-state index is 0.0710. The Hall–Kier alpha value is -1.51. The van der Waals surface area contributed by atoms with Crippen molar-refractivity contribution in [2.45, 2.75) is 25.2 Å². The lowest BCUT2D eigenvalue weighted by Gasteiger charge is -2.27. The first-order valence-electron chi connectivity index (χ1n) is 5.71. The Morgan fingerprint density at radius 1 is 1.56 bits per heavy atom. The van der Waals surface area contributed by atoms with Gasteiger partial charge in [-0.3, -0.25) is 4.79 Å². The Bertz CT molecular complexity index is 469. The van der Waals surface area contributed by atoms with E-state index in [-0.39, 0.29) is 11.3 Å². The molecule has 1 aliphatic carbocycles. The van der Waals surface area contributed by atoms with Crippen molar-refractivity contribution in [2.75, 3.05) is 11.9 Å². The molecule has 3 heteroatoms. The van der Waals surface area contributed by atoms with E-state index in [1.807, 2.05) is 0 Å². The number of hydrogen-bond acceptors (Lipinski definition) is 2. The van der Waals surface area contributed by atoms with Gasteiger partial charge in [0, 0.05) is 17.6 Å². The molecule has 2 aliphatic rings. The molecule has 0 amide bonds. The summed E-state index contributed by atoms with van der Waals surface area (Å²) in [7, 11) is 0. The number of aliphatic carboxylic acids is 1. The van der Waals surface area contributed by atoms with Crippen molar-refractivity contribution >= 4 is 11.7 Å². The number of carboxylic acids is 1. The van der Waals surface area contributed by atoms with Crippen LogP contribution in [0, 0.1) is 12.8 Å². The van der Waals surface area contributed by atoms with Crippen LogP contribution in [-0.2, 0) is 10.2 Å². The zero-order valence-corrected chi connectivity index (χ0v) is 9.29. The number of rotatable bonds is 1. The van der Waals surface area contributed by atoms with Crippen LogP contribution in [0.4, 0.5) is 5.69 Å². The van der Waals surface area contributed by atoms with E-state index in [1.165, 1.54) is 11.1 Å². The molecule has 1 aromatic carbocycles. The average molecular weight is 217 g/mol. The molecular formula is C13H15NO2. The van der Waals surface area contributed by atoms with E-state index >= 15 is 0 Å². The van der Waals surface area contributed by atoms with Gasteiger partial charge in [0.25, 0.3) is 0 Å². The van der Waals surface area contributed by atoms with Gasteiger partial charge in [0.2, 0.25) is 0 Å². The summed E-state index contributed by atoms with van der Waals surface area (Å²) in [4.78, 5) is 11.1. The summed E-state index contributed by atoms with van der Waals surface area (Å²) in [6.07, 6.45) is 1.75. The second kappa shape index (κ2) is 3.00. The van der Waals surface area contributed by atoms with Gasteiger partial charge in [0.1, 0.15) is 0 Å². The number of benzene rings is 1. The van der Waals surface area contributed by atoms with E-state index in [0.717, 1.165) is 25.1 Å². The first-order valence-corrected chi connectivity index (χ1v) is 5.71. The van der Waals surface area contributed by atoms with Crippen LogP contribution in [0.2, 0.25) is 0 Å². The molecule has 1 saturated carbocycles. The number of fused-ring (bicyclic) bond motifs is 2. The van der Waals surface area contributed by atoms with Crippen molar-refractivity contribution in [3.05, 3.63) is 29.3 Å². The highest BCUT2D eigenvalue weighted by Gasteiger charge is 2.60. The van der Waals surface area contributed by atoms with Crippen molar-refractivity contribution < 1.29 is 9.90 Å². The highest BCUT2D eigenvalue weighted by Crippen LogP contribution is 2.60. The van der Waals surface area contributed by atoms with E-state index in [0.29, 0.717) is 0 Å². The summed E-state index contributed by atoms with van der Waals surface area (Å²) in [5.41, 5.74) is 3.47. The molecule has 16 heavy (non-hydrogen) atoms. The van der Waals surface area contributed by atoms with E-state index in [1.54, 1.807) is 0 Å². The summed E-state index contributed by atoms with van der Waals surface area (Å²) in [6.45, 7) is 2.95. The fraction of sp³-hybridized carbons (Fsp3) is 0.462. The normalized spacial score (nSPS) is 30.7. The zero-order valence-electron chi connectivity index (χ0n) is 9.29. The highest BCUT2D eigenvalue weighted by molar-refractivity contribution is 5.79. The maximum Gasteiger partial charge on any atom is 0.307 e. The van der Waals surface area contributed by atoms with Gasteiger partial charge in [-0.2, -0.15) is 0 Å². The van der Waals surface area contributed by atoms with E-state index < -0.39 is 5.97 Å². The largest absolute Gasteiger partial charge is 0.481 e. The van der Waals surface area contributed by atoms with Crippen LogP contribution in [0.5, 0.6) is 0 Å². The predicted octanol–water partition coefficient (Wildman–Crippen LogP) is 2.15. The summed E-state index contributed by atoms with van der Waals surface area (Å²) in [5, 5.41) is 12.5. The quantitative estimate of drug-likeness (QED) is 0.757. The Balaban J connectivity index is 2.07. The molecule has 1 fully saturated rings. The van der Waals surface area contributed by atoms with Crippen LogP contribution in [0.15, 0.2) is 18.2 Å². The third-order valence-electron chi connectivity index (χ3n) is 3.97. The molecule has 1 aromatic rings. The molecule has 2 N–H and O–H groups in total. The Morgan fingerprint density at radius 2 is 2.38 bits per heavy atom. The number of carboxylic acid groups (broad SMARTS) is 1. The number of aryl methyl sites for hydroxylation is 1. The highest BCUT2D eigenvalue weighted by atomic mass is 16.4. The lowest BCUT2D eigenvalue weighted by atomic mass is 9.85. The Labute approximate surface area is 94.5 Å². The summed E-state index contributed by atoms with van der Waals surface area (Å²) in [5.74, 6) is -0.815. The number of carbonyl (C=O) groups is 1. The maximum atomic E-state index is 11.1. The second-order valence-electron chi connectivity index (χ2n) is 4.98. The smallest absolute Gasteiger partial charge is 0.307 e. The standard InChI is InChI=1S/C13H15NO2/c1-8-2-3-11-9(6-8)13(4-5-14-11)7-10(13)12(15)16/h2-3,6,10,14H,4-5,7H2,1H3,(H,15,16). The van der Waals surface area contributed by atoms with Gasteiger partial charge in [-0.15, -0.1) is 0 Å². The van der Waals surface area contributed by atoms with Crippen molar-refractivity contribution in [2.24, 2.45) is 5.92 Å². The summed E-state index contributed by atoms with van der Waals surface area (Å²) >= 11 is 0. The number of nitrogens with one attached hydrogen (secondary N) is 1. The van der Waals surface area contributed by atoms with Gasteiger partial charge in [0.15, 0.2) is 0 Å². The molecule has 1 aliphatic heterocycles. The molecule has 2 unspecified atom stereocenters. The summed E-state index contributed by atoms with van der Waals surface area (Å²) in [6, 6.07) is 6.29.